The van der Waals surface area contributed by atoms with Crippen LogP contribution in [0.4, 0.5) is 0 Å². The van der Waals surface area contributed by atoms with Crippen molar-refractivity contribution < 1.29 is 9.53 Å². The minimum atomic E-state index is -0.234. The van der Waals surface area contributed by atoms with E-state index >= 15 is 0 Å². The lowest BCUT2D eigenvalue weighted by molar-refractivity contribution is -0.142. The maximum absolute atomic E-state index is 11.2. The second-order valence-electron chi connectivity index (χ2n) is 3.63. The fraction of sp³-hybridized carbons (Fsp3) is 0.545. The van der Waals surface area contributed by atoms with E-state index in [2.05, 4.69) is 9.97 Å². The van der Waals surface area contributed by atoms with Crippen molar-refractivity contribution in [2.45, 2.75) is 37.6 Å². The Hall–Kier alpha value is -1.30. The first-order valence-corrected chi connectivity index (χ1v) is 6.29. The van der Waals surface area contributed by atoms with Crippen molar-refractivity contribution >= 4 is 17.7 Å². The topological polar surface area (TPSA) is 72.0 Å². The Labute approximate surface area is 104 Å². The molecule has 0 saturated heterocycles. The maximum atomic E-state index is 11.2. The molecule has 1 N–H and O–H groups in total. The van der Waals surface area contributed by atoms with E-state index in [4.69, 9.17) is 4.74 Å². The number of hydrogen-bond acceptors (Lipinski definition) is 5. The van der Waals surface area contributed by atoms with Gasteiger partial charge in [-0.2, -0.15) is 0 Å². The zero-order valence-electron chi connectivity index (χ0n) is 10.1. The number of carbonyl (C=O) groups excluding carboxylic acids is 1. The fourth-order valence-corrected chi connectivity index (χ4v) is 2.25. The van der Waals surface area contributed by atoms with Gasteiger partial charge in [-0.3, -0.25) is 9.59 Å². The molecule has 0 amide bonds. The predicted molar refractivity (Wildman–Crippen MR) is 66.2 cm³/mol. The molecular formula is C11H16N2O3S. The Morgan fingerprint density at radius 1 is 1.65 bits per heavy atom. The van der Waals surface area contributed by atoms with Gasteiger partial charge in [0.25, 0.3) is 5.56 Å². The van der Waals surface area contributed by atoms with Crippen molar-refractivity contribution in [1.29, 1.82) is 0 Å². The Kier molecular flexibility index (Phi) is 5.21. The molecule has 0 radical (unpaired) electrons. The number of nitrogens with zero attached hydrogens (tertiary/aromatic N) is 1. The molecular weight excluding hydrogens is 240 g/mol. The third kappa shape index (κ3) is 5.04. The van der Waals surface area contributed by atoms with Gasteiger partial charge >= 0.3 is 5.97 Å². The summed E-state index contributed by atoms with van der Waals surface area (Å²) >= 11 is 1.36. The van der Waals surface area contributed by atoms with Gasteiger partial charge in [0.15, 0.2) is 5.16 Å². The number of esters is 1. The number of hydrogen-bond donors (Lipinski definition) is 1. The van der Waals surface area contributed by atoms with Crippen molar-refractivity contribution in [2.24, 2.45) is 0 Å². The molecule has 1 heterocycles. The van der Waals surface area contributed by atoms with E-state index in [9.17, 15) is 9.59 Å². The summed E-state index contributed by atoms with van der Waals surface area (Å²) < 4.78 is 4.85. The van der Waals surface area contributed by atoms with Crippen LogP contribution in [0.1, 0.15) is 26.0 Å². The van der Waals surface area contributed by atoms with Crippen LogP contribution in [-0.4, -0.2) is 27.8 Å². The number of aromatic amines is 1. The van der Waals surface area contributed by atoms with Crippen LogP contribution in [0.25, 0.3) is 0 Å². The lowest BCUT2D eigenvalue weighted by Gasteiger charge is -2.09. The van der Waals surface area contributed by atoms with E-state index in [1.165, 1.54) is 17.8 Å². The second kappa shape index (κ2) is 6.44. The van der Waals surface area contributed by atoms with Gasteiger partial charge in [-0.05, 0) is 13.8 Å². The molecule has 1 unspecified atom stereocenters. The minimum absolute atomic E-state index is 0.0130. The van der Waals surface area contributed by atoms with Gasteiger partial charge in [-0.15, -0.1) is 0 Å². The molecule has 1 atom stereocenters. The smallest absolute Gasteiger partial charge is 0.306 e. The summed E-state index contributed by atoms with van der Waals surface area (Å²) in [4.78, 5) is 29.3. The van der Waals surface area contributed by atoms with E-state index in [0.29, 0.717) is 23.9 Å². The Balaban J connectivity index is 2.58. The number of aromatic nitrogens is 2. The fourth-order valence-electron chi connectivity index (χ4n) is 1.29. The summed E-state index contributed by atoms with van der Waals surface area (Å²) in [5.41, 5.74) is 0.489. The van der Waals surface area contributed by atoms with E-state index in [-0.39, 0.29) is 16.8 Å². The van der Waals surface area contributed by atoms with Gasteiger partial charge in [0.2, 0.25) is 0 Å². The molecule has 0 aliphatic carbocycles. The van der Waals surface area contributed by atoms with E-state index in [0.717, 1.165) is 0 Å². The molecule has 0 spiro atoms. The number of thioether (sulfide) groups is 1. The Morgan fingerprint density at radius 3 is 2.94 bits per heavy atom. The number of nitrogens with one attached hydrogen (secondary N) is 1. The molecule has 5 nitrogen and oxygen atoms in total. The summed E-state index contributed by atoms with van der Waals surface area (Å²) in [5, 5.41) is 0.547. The molecule has 0 aromatic carbocycles. The van der Waals surface area contributed by atoms with Crippen molar-refractivity contribution in [3.63, 3.8) is 0 Å². The normalized spacial score (nSPS) is 12.2. The average Bonchev–Trinajstić information content (AvgIpc) is 2.14. The van der Waals surface area contributed by atoms with Crippen molar-refractivity contribution in [3.05, 3.63) is 22.1 Å². The maximum Gasteiger partial charge on any atom is 0.306 e. The SMILES string of the molecule is CCOC(=O)CC(C)Sc1nc(C)cc(=O)[nH]1. The molecule has 0 bridgehead atoms. The minimum Gasteiger partial charge on any atom is -0.466 e. The van der Waals surface area contributed by atoms with Crippen molar-refractivity contribution in [3.8, 4) is 0 Å². The largest absolute Gasteiger partial charge is 0.466 e. The quantitative estimate of drug-likeness (QED) is 0.491. The first-order valence-electron chi connectivity index (χ1n) is 5.41. The van der Waals surface area contributed by atoms with E-state index < -0.39 is 0 Å². The highest BCUT2D eigenvalue weighted by atomic mass is 32.2. The standard InChI is InChI=1S/C11H16N2O3S/c1-4-16-10(15)6-8(3)17-11-12-7(2)5-9(14)13-11/h5,8H,4,6H2,1-3H3,(H,12,13,14). The monoisotopic (exact) mass is 256 g/mol. The summed E-state index contributed by atoms with van der Waals surface area (Å²) in [7, 11) is 0. The number of ether oxygens (including phenoxy) is 1. The van der Waals surface area contributed by atoms with Gasteiger partial charge in [-0.1, -0.05) is 18.7 Å². The van der Waals surface area contributed by atoms with Crippen LogP contribution in [0.2, 0.25) is 0 Å². The van der Waals surface area contributed by atoms with Crippen LogP contribution < -0.4 is 5.56 Å². The average molecular weight is 256 g/mol. The van der Waals surface area contributed by atoms with Crippen LogP contribution in [0, 0.1) is 6.92 Å². The summed E-state index contributed by atoms with van der Waals surface area (Å²) in [6.45, 7) is 5.81. The molecule has 1 rings (SSSR count). The summed E-state index contributed by atoms with van der Waals surface area (Å²) in [6.07, 6.45) is 0.302. The highest BCUT2D eigenvalue weighted by Crippen LogP contribution is 2.21. The van der Waals surface area contributed by atoms with Crippen LogP contribution in [0.5, 0.6) is 0 Å². The molecule has 17 heavy (non-hydrogen) atoms. The zero-order chi connectivity index (χ0) is 12.8. The summed E-state index contributed by atoms with van der Waals surface area (Å²) in [6, 6.07) is 1.43. The van der Waals surface area contributed by atoms with Gasteiger partial charge in [0, 0.05) is 17.0 Å². The van der Waals surface area contributed by atoms with E-state index in [1.807, 2.05) is 6.92 Å². The van der Waals surface area contributed by atoms with E-state index in [1.54, 1.807) is 13.8 Å². The molecule has 94 valence electrons. The predicted octanol–water partition coefficient (Wildman–Crippen LogP) is 1.51. The Morgan fingerprint density at radius 2 is 2.35 bits per heavy atom. The van der Waals surface area contributed by atoms with Crippen molar-refractivity contribution in [1.82, 2.24) is 9.97 Å². The summed E-state index contributed by atoms with van der Waals surface area (Å²) in [5.74, 6) is -0.234. The second-order valence-corrected chi connectivity index (χ2v) is 5.06. The van der Waals surface area contributed by atoms with Gasteiger partial charge in [-0.25, -0.2) is 4.98 Å². The lowest BCUT2D eigenvalue weighted by atomic mass is 10.3. The molecule has 0 saturated carbocycles. The van der Waals surface area contributed by atoms with Crippen LogP contribution in [0.15, 0.2) is 16.0 Å². The molecule has 1 aromatic heterocycles. The van der Waals surface area contributed by atoms with Crippen LogP contribution in [0.3, 0.4) is 0 Å². The van der Waals surface area contributed by atoms with Crippen molar-refractivity contribution in [2.75, 3.05) is 6.61 Å². The van der Waals surface area contributed by atoms with Gasteiger partial charge in [0.05, 0.1) is 13.0 Å². The Bertz CT molecular complexity index is 445. The molecule has 1 aromatic rings. The first-order chi connectivity index (χ1) is 8.01. The lowest BCUT2D eigenvalue weighted by Crippen LogP contribution is -2.13. The first kappa shape index (κ1) is 13.8. The highest BCUT2D eigenvalue weighted by Gasteiger charge is 2.12. The third-order valence-electron chi connectivity index (χ3n) is 1.92. The molecule has 0 aliphatic rings. The zero-order valence-corrected chi connectivity index (χ0v) is 11.0. The van der Waals surface area contributed by atoms with Crippen LogP contribution in [-0.2, 0) is 9.53 Å². The van der Waals surface area contributed by atoms with Crippen LogP contribution >= 0.6 is 11.8 Å². The molecule has 6 heteroatoms. The number of aryl methyl sites for hydroxylation is 1. The number of rotatable bonds is 5. The number of H-pyrrole nitrogens is 1. The molecule has 0 aliphatic heterocycles. The van der Waals surface area contributed by atoms with Gasteiger partial charge in [0.1, 0.15) is 0 Å². The third-order valence-corrected chi connectivity index (χ3v) is 2.91. The van der Waals surface area contributed by atoms with Gasteiger partial charge < -0.3 is 9.72 Å². The number of carbonyl (C=O) groups is 1. The molecule has 0 fully saturated rings. The highest BCUT2D eigenvalue weighted by molar-refractivity contribution is 7.99.